The summed E-state index contributed by atoms with van der Waals surface area (Å²) in [5.41, 5.74) is 1.58. The van der Waals surface area contributed by atoms with Crippen LogP contribution < -0.4 is 5.32 Å². The van der Waals surface area contributed by atoms with Crippen molar-refractivity contribution in [2.75, 3.05) is 11.1 Å². The monoisotopic (exact) mass is 388 g/mol. The average molecular weight is 389 g/mol. The van der Waals surface area contributed by atoms with Gasteiger partial charge in [-0.1, -0.05) is 71.5 Å². The van der Waals surface area contributed by atoms with Crippen molar-refractivity contribution in [3.05, 3.63) is 70.1 Å². The van der Waals surface area contributed by atoms with E-state index in [2.05, 4.69) is 10.3 Å². The number of hydrogen-bond donors (Lipinski definition) is 1. The fraction of sp³-hybridized carbons (Fsp3) is 0.0556. The van der Waals surface area contributed by atoms with Crippen LogP contribution in [0, 0.1) is 0 Å². The molecule has 0 saturated carbocycles. The third kappa shape index (κ3) is 5.22. The molecule has 0 saturated heterocycles. The molecule has 0 atom stereocenters. The number of carbonyl (C=O) groups excluding carboxylic acids is 2. The van der Waals surface area contributed by atoms with E-state index in [4.69, 9.17) is 11.6 Å². The smallest absolute Gasteiger partial charge is 0.285 e. The Hall–Kier alpha value is -2.02. The van der Waals surface area contributed by atoms with Gasteiger partial charge in [0, 0.05) is 10.7 Å². The van der Waals surface area contributed by atoms with E-state index in [1.165, 1.54) is 23.5 Å². The molecule has 0 fully saturated rings. The maximum absolute atomic E-state index is 12.0. The van der Waals surface area contributed by atoms with Gasteiger partial charge in [-0.05, 0) is 29.8 Å². The number of benzene rings is 2. The summed E-state index contributed by atoms with van der Waals surface area (Å²) in [6.07, 6.45) is 1.80. The molecule has 0 aromatic heterocycles. The van der Waals surface area contributed by atoms with Crippen molar-refractivity contribution in [3.8, 4) is 0 Å². The second-order valence-electron chi connectivity index (χ2n) is 5.05. The van der Waals surface area contributed by atoms with E-state index < -0.39 is 0 Å². The zero-order valence-corrected chi connectivity index (χ0v) is 15.3. The number of carbonyl (C=O) groups is 2. The Balaban J connectivity index is 1.54. The summed E-state index contributed by atoms with van der Waals surface area (Å²) < 4.78 is 0.577. The molecule has 3 rings (SSSR count). The Bertz CT molecular complexity index is 866. The zero-order chi connectivity index (χ0) is 17.6. The second kappa shape index (κ2) is 8.38. The minimum atomic E-state index is -0.272. The molecule has 25 heavy (non-hydrogen) atoms. The van der Waals surface area contributed by atoms with Gasteiger partial charge in [0.2, 0.25) is 5.91 Å². The number of nitrogens with zero attached hydrogens (tertiary/aromatic N) is 1. The lowest BCUT2D eigenvalue weighted by atomic mass is 10.2. The van der Waals surface area contributed by atoms with Crippen molar-refractivity contribution in [1.29, 1.82) is 0 Å². The molecule has 1 N–H and O–H groups in total. The molecule has 0 unspecified atom stereocenters. The number of nitrogens with one attached hydrogen (secondary N) is 1. The van der Waals surface area contributed by atoms with Crippen LogP contribution in [-0.2, 0) is 9.59 Å². The van der Waals surface area contributed by atoms with Crippen LogP contribution in [0.15, 0.2) is 64.5 Å². The molecule has 2 aromatic carbocycles. The van der Waals surface area contributed by atoms with Gasteiger partial charge < -0.3 is 5.32 Å². The first-order valence-electron chi connectivity index (χ1n) is 7.36. The molecule has 1 heterocycles. The van der Waals surface area contributed by atoms with Gasteiger partial charge in [0.25, 0.3) is 5.91 Å². The Morgan fingerprint density at radius 1 is 1.20 bits per heavy atom. The summed E-state index contributed by atoms with van der Waals surface area (Å²) in [5.74, 6) is -0.278. The van der Waals surface area contributed by atoms with Gasteiger partial charge in [-0.2, -0.15) is 4.99 Å². The van der Waals surface area contributed by atoms with Crippen molar-refractivity contribution < 1.29 is 9.59 Å². The molecule has 1 aliphatic rings. The highest BCUT2D eigenvalue weighted by molar-refractivity contribution is 8.41. The van der Waals surface area contributed by atoms with Crippen LogP contribution in [-0.4, -0.2) is 21.9 Å². The summed E-state index contributed by atoms with van der Waals surface area (Å²) in [5, 5.41) is 3.32. The molecule has 2 aromatic rings. The van der Waals surface area contributed by atoms with Gasteiger partial charge >= 0.3 is 0 Å². The van der Waals surface area contributed by atoms with Crippen LogP contribution in [0.1, 0.15) is 5.56 Å². The first-order valence-corrected chi connectivity index (χ1v) is 9.54. The van der Waals surface area contributed by atoms with E-state index in [9.17, 15) is 9.59 Å². The van der Waals surface area contributed by atoms with Gasteiger partial charge in [-0.3, -0.25) is 9.59 Å². The lowest BCUT2D eigenvalue weighted by Crippen LogP contribution is -2.14. The third-order valence-corrected chi connectivity index (χ3v) is 5.50. The van der Waals surface area contributed by atoms with Crippen LogP contribution in [0.2, 0.25) is 5.02 Å². The van der Waals surface area contributed by atoms with Crippen LogP contribution >= 0.6 is 35.1 Å². The fourth-order valence-electron chi connectivity index (χ4n) is 2.04. The Morgan fingerprint density at radius 2 is 2.00 bits per heavy atom. The number of amides is 2. The predicted octanol–water partition coefficient (Wildman–Crippen LogP) is 4.68. The fourth-order valence-corrected chi connectivity index (χ4v) is 4.03. The minimum absolute atomic E-state index is 0.171. The van der Waals surface area contributed by atoms with Crippen molar-refractivity contribution in [1.82, 2.24) is 0 Å². The van der Waals surface area contributed by atoms with E-state index in [0.717, 1.165) is 5.56 Å². The lowest BCUT2D eigenvalue weighted by Gasteiger charge is -2.04. The Morgan fingerprint density at radius 3 is 2.76 bits per heavy atom. The van der Waals surface area contributed by atoms with Gasteiger partial charge in [-0.15, -0.1) is 0 Å². The molecule has 0 aliphatic carbocycles. The minimum Gasteiger partial charge on any atom is -0.325 e. The number of thioether (sulfide) groups is 2. The van der Waals surface area contributed by atoms with Crippen LogP contribution in [0.5, 0.6) is 0 Å². The molecule has 0 bridgehead atoms. The van der Waals surface area contributed by atoms with E-state index in [-0.39, 0.29) is 17.6 Å². The molecular weight excluding hydrogens is 376 g/mol. The predicted molar refractivity (Wildman–Crippen MR) is 107 cm³/mol. The Kier molecular flexibility index (Phi) is 5.96. The maximum atomic E-state index is 12.0. The highest BCUT2D eigenvalue weighted by Gasteiger charge is 2.22. The van der Waals surface area contributed by atoms with E-state index in [1.807, 2.05) is 30.3 Å². The van der Waals surface area contributed by atoms with Crippen LogP contribution in [0.25, 0.3) is 6.08 Å². The van der Waals surface area contributed by atoms with Crippen molar-refractivity contribution in [2.45, 2.75) is 0 Å². The molecule has 2 amide bonds. The van der Waals surface area contributed by atoms with Crippen LogP contribution in [0.4, 0.5) is 5.69 Å². The molecule has 0 spiro atoms. The SMILES string of the molecule is O=C(CSC1=NC(=O)C(=Cc2ccccc2)S1)Nc1cccc(Cl)c1. The highest BCUT2D eigenvalue weighted by atomic mass is 35.5. The maximum Gasteiger partial charge on any atom is 0.285 e. The number of aliphatic imine (C=N–C) groups is 1. The first-order chi connectivity index (χ1) is 12.1. The standard InChI is InChI=1S/C18H13ClN2O2S2/c19-13-7-4-8-14(10-13)20-16(22)11-24-18-21-17(23)15(25-18)9-12-5-2-1-3-6-12/h1-10H,11H2,(H,20,22). The summed E-state index contributed by atoms with van der Waals surface area (Å²) in [6.45, 7) is 0. The van der Waals surface area contributed by atoms with Crippen LogP contribution in [0.3, 0.4) is 0 Å². The topological polar surface area (TPSA) is 58.5 Å². The molecule has 7 heteroatoms. The summed E-state index contributed by atoms with van der Waals surface area (Å²) >= 11 is 8.41. The average Bonchev–Trinajstić information content (AvgIpc) is 2.94. The quantitative estimate of drug-likeness (QED) is 0.772. The first kappa shape index (κ1) is 17.8. The number of halogens is 1. The van der Waals surface area contributed by atoms with Crippen molar-refractivity contribution in [3.63, 3.8) is 0 Å². The zero-order valence-electron chi connectivity index (χ0n) is 12.9. The molecule has 0 radical (unpaired) electrons. The molecular formula is C18H13ClN2O2S2. The van der Waals surface area contributed by atoms with E-state index >= 15 is 0 Å². The van der Waals surface area contributed by atoms with E-state index in [1.54, 1.807) is 30.3 Å². The number of anilines is 1. The molecule has 126 valence electrons. The van der Waals surface area contributed by atoms with Gasteiger partial charge in [0.1, 0.15) is 4.38 Å². The number of hydrogen-bond acceptors (Lipinski definition) is 4. The summed E-state index contributed by atoms with van der Waals surface area (Å²) in [6, 6.07) is 16.5. The normalized spacial score (nSPS) is 15.3. The van der Waals surface area contributed by atoms with Gasteiger partial charge in [0.05, 0.1) is 10.7 Å². The summed E-state index contributed by atoms with van der Waals surface area (Å²) in [7, 11) is 0. The lowest BCUT2D eigenvalue weighted by molar-refractivity contribution is -0.114. The third-order valence-electron chi connectivity index (χ3n) is 3.13. The second-order valence-corrected chi connectivity index (χ2v) is 7.74. The van der Waals surface area contributed by atoms with E-state index in [0.29, 0.717) is 20.0 Å². The Labute approximate surface area is 158 Å². The van der Waals surface area contributed by atoms with Crippen molar-refractivity contribution >= 4 is 63.1 Å². The molecule has 4 nitrogen and oxygen atoms in total. The van der Waals surface area contributed by atoms with Gasteiger partial charge in [-0.25, -0.2) is 0 Å². The summed E-state index contributed by atoms with van der Waals surface area (Å²) in [4.78, 5) is 28.5. The molecule has 1 aliphatic heterocycles. The largest absolute Gasteiger partial charge is 0.325 e. The van der Waals surface area contributed by atoms with Gasteiger partial charge in [0.15, 0.2) is 0 Å². The number of rotatable bonds is 4. The van der Waals surface area contributed by atoms with Crippen molar-refractivity contribution in [2.24, 2.45) is 4.99 Å². The highest BCUT2D eigenvalue weighted by Crippen LogP contribution is 2.33.